The van der Waals surface area contributed by atoms with E-state index in [-0.39, 0.29) is 11.9 Å². The number of amides is 1. The van der Waals surface area contributed by atoms with Gasteiger partial charge in [-0.2, -0.15) is 5.10 Å². The van der Waals surface area contributed by atoms with E-state index in [2.05, 4.69) is 54.4 Å². The van der Waals surface area contributed by atoms with Gasteiger partial charge in [0.15, 0.2) is 10.6 Å². The fourth-order valence-corrected chi connectivity index (χ4v) is 4.37. The lowest BCUT2D eigenvalue weighted by molar-refractivity contribution is -0.132. The number of benzene rings is 2. The van der Waals surface area contributed by atoms with E-state index in [0.29, 0.717) is 17.7 Å². The maximum absolute atomic E-state index is 13.1. The molecule has 1 saturated heterocycles. The second-order valence-electron chi connectivity index (χ2n) is 7.72. The molecule has 6 heteroatoms. The molecule has 4 rings (SSSR count). The molecule has 1 aliphatic heterocycles. The molecule has 1 atom stereocenters. The van der Waals surface area contributed by atoms with Gasteiger partial charge in [-0.25, -0.2) is 0 Å². The van der Waals surface area contributed by atoms with Gasteiger partial charge in [0.2, 0.25) is 5.91 Å². The molecule has 29 heavy (non-hydrogen) atoms. The van der Waals surface area contributed by atoms with Crippen LogP contribution in [-0.4, -0.2) is 32.1 Å². The minimum atomic E-state index is 0.175. The van der Waals surface area contributed by atoms with Gasteiger partial charge in [-0.1, -0.05) is 54.1 Å². The molecule has 0 radical (unpaired) electrons. The molecular formula is C23H26N4OS. The zero-order valence-electron chi connectivity index (χ0n) is 16.9. The highest BCUT2D eigenvalue weighted by molar-refractivity contribution is 7.71. The van der Waals surface area contributed by atoms with Crippen LogP contribution in [0.3, 0.4) is 0 Å². The summed E-state index contributed by atoms with van der Waals surface area (Å²) in [5.41, 5.74) is 4.70. The van der Waals surface area contributed by atoms with Crippen LogP contribution < -0.4 is 0 Å². The SMILES string of the molecule is Cc1ccc(-c2n[nH]c(=S)n2CCC(=O)N2CCCC2c2ccccc2C)cc1. The van der Waals surface area contributed by atoms with Gasteiger partial charge in [0.05, 0.1) is 6.04 Å². The standard InChI is InChI=1S/C23H26N4OS/c1-16-9-11-18(12-10-16)22-24-25-23(29)27(22)15-13-21(28)26-14-5-8-20(26)19-7-4-3-6-17(19)2/h3-4,6-7,9-12,20H,5,8,13-15H2,1-2H3,(H,25,29). The summed E-state index contributed by atoms with van der Waals surface area (Å²) in [6.07, 6.45) is 2.48. The lowest BCUT2D eigenvalue weighted by Gasteiger charge is -2.26. The molecule has 3 aromatic rings. The van der Waals surface area contributed by atoms with Crippen molar-refractivity contribution in [1.82, 2.24) is 19.7 Å². The van der Waals surface area contributed by atoms with E-state index in [9.17, 15) is 4.79 Å². The molecule has 1 aliphatic rings. The molecule has 1 aromatic heterocycles. The van der Waals surface area contributed by atoms with E-state index < -0.39 is 0 Å². The molecule has 0 spiro atoms. The van der Waals surface area contributed by atoms with Crippen LogP contribution in [0.25, 0.3) is 11.4 Å². The van der Waals surface area contributed by atoms with Gasteiger partial charge in [0.1, 0.15) is 0 Å². The van der Waals surface area contributed by atoms with Gasteiger partial charge in [-0.05, 0) is 50.0 Å². The Kier molecular flexibility index (Phi) is 5.62. The number of nitrogens with one attached hydrogen (secondary N) is 1. The molecule has 1 amide bonds. The highest BCUT2D eigenvalue weighted by atomic mass is 32.1. The van der Waals surface area contributed by atoms with Crippen molar-refractivity contribution in [3.8, 4) is 11.4 Å². The van der Waals surface area contributed by atoms with Crippen molar-refractivity contribution in [2.75, 3.05) is 6.54 Å². The smallest absolute Gasteiger partial charge is 0.224 e. The number of aryl methyl sites for hydroxylation is 2. The third-order valence-corrected chi connectivity index (χ3v) is 6.05. The first-order valence-corrected chi connectivity index (χ1v) is 10.5. The van der Waals surface area contributed by atoms with Crippen LogP contribution in [0.15, 0.2) is 48.5 Å². The van der Waals surface area contributed by atoms with Crippen LogP contribution in [-0.2, 0) is 11.3 Å². The van der Waals surface area contributed by atoms with Crippen molar-refractivity contribution in [2.45, 2.75) is 45.7 Å². The van der Waals surface area contributed by atoms with Crippen LogP contribution in [0.1, 0.15) is 42.0 Å². The third-order valence-electron chi connectivity index (χ3n) is 5.74. The Morgan fingerprint density at radius 3 is 2.69 bits per heavy atom. The summed E-state index contributed by atoms with van der Waals surface area (Å²) < 4.78 is 2.47. The molecule has 1 N–H and O–H groups in total. The number of hydrogen-bond acceptors (Lipinski definition) is 3. The van der Waals surface area contributed by atoms with Crippen LogP contribution in [0, 0.1) is 18.6 Å². The minimum absolute atomic E-state index is 0.175. The normalized spacial score (nSPS) is 16.3. The number of nitrogens with zero attached hydrogens (tertiary/aromatic N) is 3. The van der Waals surface area contributed by atoms with Crippen molar-refractivity contribution >= 4 is 18.1 Å². The van der Waals surface area contributed by atoms with Crippen molar-refractivity contribution in [3.05, 3.63) is 70.0 Å². The van der Waals surface area contributed by atoms with Crippen LogP contribution in [0.5, 0.6) is 0 Å². The number of carbonyl (C=O) groups is 1. The van der Waals surface area contributed by atoms with Crippen molar-refractivity contribution in [2.24, 2.45) is 0 Å². The van der Waals surface area contributed by atoms with Gasteiger partial charge < -0.3 is 4.90 Å². The summed E-state index contributed by atoms with van der Waals surface area (Å²) in [4.78, 5) is 15.1. The summed E-state index contributed by atoms with van der Waals surface area (Å²) in [7, 11) is 0. The Labute approximate surface area is 176 Å². The van der Waals surface area contributed by atoms with E-state index in [1.807, 2.05) is 27.7 Å². The van der Waals surface area contributed by atoms with E-state index in [4.69, 9.17) is 12.2 Å². The lowest BCUT2D eigenvalue weighted by Crippen LogP contribution is -2.31. The minimum Gasteiger partial charge on any atom is -0.336 e. The first kappa shape index (κ1) is 19.6. The molecule has 2 aromatic carbocycles. The van der Waals surface area contributed by atoms with Crippen molar-refractivity contribution in [1.29, 1.82) is 0 Å². The Morgan fingerprint density at radius 1 is 1.17 bits per heavy atom. The molecule has 2 heterocycles. The summed E-state index contributed by atoms with van der Waals surface area (Å²) in [5, 5.41) is 7.26. The van der Waals surface area contributed by atoms with Gasteiger partial charge in [0, 0.05) is 25.1 Å². The number of aromatic amines is 1. The first-order chi connectivity index (χ1) is 14.0. The predicted molar refractivity (Wildman–Crippen MR) is 117 cm³/mol. The number of aromatic nitrogens is 3. The van der Waals surface area contributed by atoms with E-state index >= 15 is 0 Å². The average Bonchev–Trinajstić information content (AvgIpc) is 3.34. The second-order valence-corrected chi connectivity index (χ2v) is 8.11. The summed E-state index contributed by atoms with van der Waals surface area (Å²) >= 11 is 5.42. The van der Waals surface area contributed by atoms with Gasteiger partial charge in [0.25, 0.3) is 0 Å². The van der Waals surface area contributed by atoms with Crippen molar-refractivity contribution in [3.63, 3.8) is 0 Å². The highest BCUT2D eigenvalue weighted by Gasteiger charge is 2.30. The van der Waals surface area contributed by atoms with Gasteiger partial charge in [-0.15, -0.1) is 0 Å². The monoisotopic (exact) mass is 406 g/mol. The molecule has 5 nitrogen and oxygen atoms in total. The summed E-state index contributed by atoms with van der Waals surface area (Å²) in [5.74, 6) is 0.952. The van der Waals surface area contributed by atoms with Gasteiger partial charge >= 0.3 is 0 Å². The second kappa shape index (κ2) is 8.33. The maximum atomic E-state index is 13.1. The number of carbonyl (C=O) groups excluding carboxylic acids is 1. The Balaban J connectivity index is 1.50. The van der Waals surface area contributed by atoms with E-state index in [1.165, 1.54) is 16.7 Å². The molecule has 1 fully saturated rings. The van der Waals surface area contributed by atoms with E-state index in [1.54, 1.807) is 0 Å². The Morgan fingerprint density at radius 2 is 1.93 bits per heavy atom. The fourth-order valence-electron chi connectivity index (χ4n) is 4.15. The van der Waals surface area contributed by atoms with Gasteiger partial charge in [-0.3, -0.25) is 14.5 Å². The Hall–Kier alpha value is -2.73. The topological polar surface area (TPSA) is 53.9 Å². The third kappa shape index (κ3) is 4.03. The fraction of sp³-hybridized carbons (Fsp3) is 0.348. The summed E-state index contributed by atoms with van der Waals surface area (Å²) in [6, 6.07) is 16.7. The molecule has 150 valence electrons. The maximum Gasteiger partial charge on any atom is 0.224 e. The predicted octanol–water partition coefficient (Wildman–Crippen LogP) is 4.98. The van der Waals surface area contributed by atoms with Crippen LogP contribution in [0.4, 0.5) is 0 Å². The molecule has 1 unspecified atom stereocenters. The molecule has 0 aliphatic carbocycles. The first-order valence-electron chi connectivity index (χ1n) is 10.1. The number of hydrogen-bond donors (Lipinski definition) is 1. The quantitative estimate of drug-likeness (QED) is 0.608. The lowest BCUT2D eigenvalue weighted by atomic mass is 9.99. The number of rotatable bonds is 5. The van der Waals surface area contributed by atoms with Crippen LogP contribution >= 0.6 is 12.2 Å². The molecular weight excluding hydrogens is 380 g/mol. The van der Waals surface area contributed by atoms with E-state index in [0.717, 1.165) is 30.8 Å². The highest BCUT2D eigenvalue weighted by Crippen LogP contribution is 2.34. The van der Waals surface area contributed by atoms with Crippen LogP contribution in [0.2, 0.25) is 0 Å². The molecule has 0 bridgehead atoms. The van der Waals surface area contributed by atoms with Crippen molar-refractivity contribution < 1.29 is 4.79 Å². The Bertz CT molecular complexity index is 1070. The molecule has 0 saturated carbocycles. The zero-order chi connectivity index (χ0) is 20.4. The number of H-pyrrole nitrogens is 1. The largest absolute Gasteiger partial charge is 0.336 e. The number of likely N-dealkylation sites (tertiary alicyclic amines) is 1. The zero-order valence-corrected chi connectivity index (χ0v) is 17.7. The summed E-state index contributed by atoms with van der Waals surface area (Å²) in [6.45, 7) is 5.52. The average molecular weight is 407 g/mol.